The average Bonchev–Trinajstić information content (AvgIpc) is 2.28. The van der Waals surface area contributed by atoms with Gasteiger partial charge in [-0.3, -0.25) is 14.9 Å². The number of aromatic nitrogens is 1. The molecule has 0 atom stereocenters. The SMILES string of the molecule is COCCNC(=O)c1cc(Cl)ncc1[N+](=O)[O-]. The van der Waals surface area contributed by atoms with Gasteiger partial charge in [-0.05, 0) is 6.07 Å². The third-order valence-electron chi connectivity index (χ3n) is 1.88. The lowest BCUT2D eigenvalue weighted by molar-refractivity contribution is -0.385. The van der Waals surface area contributed by atoms with Crippen LogP contribution >= 0.6 is 11.6 Å². The van der Waals surface area contributed by atoms with Crippen LogP contribution in [0.5, 0.6) is 0 Å². The summed E-state index contributed by atoms with van der Waals surface area (Å²) in [6.45, 7) is 0.574. The van der Waals surface area contributed by atoms with E-state index in [1.165, 1.54) is 7.11 Å². The van der Waals surface area contributed by atoms with E-state index in [2.05, 4.69) is 10.3 Å². The first-order valence-corrected chi connectivity index (χ1v) is 5.01. The predicted octanol–water partition coefficient (Wildman–Crippen LogP) is 1.02. The Morgan fingerprint density at radius 1 is 1.71 bits per heavy atom. The minimum atomic E-state index is -0.686. The van der Waals surface area contributed by atoms with Gasteiger partial charge in [0.05, 0.1) is 11.5 Å². The number of hydrogen-bond acceptors (Lipinski definition) is 5. The third-order valence-corrected chi connectivity index (χ3v) is 2.09. The molecule has 1 rings (SSSR count). The van der Waals surface area contributed by atoms with Crippen LogP contribution in [0.1, 0.15) is 10.4 Å². The van der Waals surface area contributed by atoms with Crippen molar-refractivity contribution >= 4 is 23.2 Å². The van der Waals surface area contributed by atoms with E-state index in [4.69, 9.17) is 16.3 Å². The first-order valence-electron chi connectivity index (χ1n) is 4.63. The molecule has 17 heavy (non-hydrogen) atoms. The van der Waals surface area contributed by atoms with Crippen LogP contribution in [0, 0.1) is 10.1 Å². The van der Waals surface area contributed by atoms with Crippen molar-refractivity contribution in [1.82, 2.24) is 10.3 Å². The van der Waals surface area contributed by atoms with Crippen LogP contribution in [-0.2, 0) is 4.74 Å². The fourth-order valence-corrected chi connectivity index (χ4v) is 1.27. The van der Waals surface area contributed by atoms with Crippen molar-refractivity contribution in [2.45, 2.75) is 0 Å². The molecule has 1 heterocycles. The molecule has 0 radical (unpaired) electrons. The lowest BCUT2D eigenvalue weighted by Gasteiger charge is -2.05. The van der Waals surface area contributed by atoms with Crippen molar-refractivity contribution in [3.8, 4) is 0 Å². The molecule has 0 aliphatic carbocycles. The Morgan fingerprint density at radius 2 is 2.41 bits per heavy atom. The first-order chi connectivity index (χ1) is 8.06. The Hall–Kier alpha value is -1.73. The van der Waals surface area contributed by atoms with Crippen LogP contribution < -0.4 is 5.32 Å². The molecule has 0 fully saturated rings. The molecule has 0 bridgehead atoms. The van der Waals surface area contributed by atoms with Crippen LogP contribution in [-0.4, -0.2) is 36.1 Å². The summed E-state index contributed by atoms with van der Waals surface area (Å²) in [5.41, 5.74) is -0.504. The van der Waals surface area contributed by atoms with Gasteiger partial charge in [-0.15, -0.1) is 0 Å². The van der Waals surface area contributed by atoms with Gasteiger partial charge < -0.3 is 10.1 Å². The molecule has 0 unspecified atom stereocenters. The van der Waals surface area contributed by atoms with Crippen molar-refractivity contribution in [2.75, 3.05) is 20.3 Å². The number of halogens is 1. The zero-order valence-electron chi connectivity index (χ0n) is 8.97. The van der Waals surface area contributed by atoms with Gasteiger partial charge in [-0.25, -0.2) is 4.98 Å². The number of nitrogens with one attached hydrogen (secondary N) is 1. The second-order valence-corrected chi connectivity index (χ2v) is 3.42. The summed E-state index contributed by atoms with van der Waals surface area (Å²) >= 11 is 5.59. The molecule has 0 saturated carbocycles. The fraction of sp³-hybridized carbons (Fsp3) is 0.333. The fourth-order valence-electron chi connectivity index (χ4n) is 1.11. The summed E-state index contributed by atoms with van der Waals surface area (Å²) in [5, 5.41) is 13.2. The highest BCUT2D eigenvalue weighted by atomic mass is 35.5. The Balaban J connectivity index is 2.90. The van der Waals surface area contributed by atoms with Gasteiger partial charge in [0.25, 0.3) is 11.6 Å². The number of ether oxygens (including phenoxy) is 1. The van der Waals surface area contributed by atoms with Crippen molar-refractivity contribution in [1.29, 1.82) is 0 Å². The number of nitro groups is 1. The van der Waals surface area contributed by atoms with E-state index < -0.39 is 10.8 Å². The van der Waals surface area contributed by atoms with Crippen LogP contribution in [0.15, 0.2) is 12.3 Å². The maximum absolute atomic E-state index is 11.6. The van der Waals surface area contributed by atoms with Crippen LogP contribution in [0.3, 0.4) is 0 Å². The number of rotatable bonds is 5. The molecule has 1 aromatic heterocycles. The molecule has 1 aromatic rings. The molecule has 92 valence electrons. The summed E-state index contributed by atoms with van der Waals surface area (Å²) in [6, 6.07) is 1.15. The van der Waals surface area contributed by atoms with Crippen LogP contribution in [0.4, 0.5) is 5.69 Å². The van der Waals surface area contributed by atoms with Gasteiger partial charge >= 0.3 is 0 Å². The highest BCUT2D eigenvalue weighted by Crippen LogP contribution is 2.19. The van der Waals surface area contributed by atoms with E-state index in [-0.39, 0.29) is 22.9 Å². The highest BCUT2D eigenvalue weighted by molar-refractivity contribution is 6.29. The highest BCUT2D eigenvalue weighted by Gasteiger charge is 2.20. The quantitative estimate of drug-likeness (QED) is 0.369. The summed E-state index contributed by atoms with van der Waals surface area (Å²) in [5.74, 6) is -0.585. The van der Waals surface area contributed by atoms with Crippen molar-refractivity contribution < 1.29 is 14.5 Å². The Labute approximate surface area is 102 Å². The van der Waals surface area contributed by atoms with Crippen molar-refractivity contribution in [3.63, 3.8) is 0 Å². The predicted molar refractivity (Wildman–Crippen MR) is 60.1 cm³/mol. The summed E-state index contributed by atoms with van der Waals surface area (Å²) < 4.78 is 4.74. The minimum Gasteiger partial charge on any atom is -0.383 e. The molecule has 0 saturated heterocycles. The molecule has 1 amide bonds. The van der Waals surface area contributed by atoms with E-state index in [1.807, 2.05) is 0 Å². The van der Waals surface area contributed by atoms with Crippen molar-refractivity contribution in [2.24, 2.45) is 0 Å². The zero-order valence-corrected chi connectivity index (χ0v) is 9.73. The zero-order chi connectivity index (χ0) is 12.8. The molecular formula is C9H10ClN3O4. The number of amides is 1. The molecule has 0 aliphatic rings. The van der Waals surface area contributed by atoms with Gasteiger partial charge in [0.15, 0.2) is 0 Å². The van der Waals surface area contributed by atoms with E-state index in [0.29, 0.717) is 6.61 Å². The van der Waals surface area contributed by atoms with E-state index in [1.54, 1.807) is 0 Å². The number of nitrogens with zero attached hydrogens (tertiary/aromatic N) is 2. The van der Waals surface area contributed by atoms with Gasteiger partial charge in [-0.2, -0.15) is 0 Å². The summed E-state index contributed by atoms with van der Waals surface area (Å²) in [7, 11) is 1.48. The second-order valence-electron chi connectivity index (χ2n) is 3.03. The monoisotopic (exact) mass is 259 g/mol. The molecule has 1 N–H and O–H groups in total. The molecule has 8 heteroatoms. The maximum atomic E-state index is 11.6. The smallest absolute Gasteiger partial charge is 0.300 e. The molecule has 0 spiro atoms. The first kappa shape index (κ1) is 13.3. The Bertz CT molecular complexity index is 438. The van der Waals surface area contributed by atoms with E-state index >= 15 is 0 Å². The molecule has 7 nitrogen and oxygen atoms in total. The molecule has 0 aromatic carbocycles. The number of pyridine rings is 1. The van der Waals surface area contributed by atoms with Gasteiger partial charge in [0.1, 0.15) is 16.9 Å². The van der Waals surface area contributed by atoms with Crippen molar-refractivity contribution in [3.05, 3.63) is 33.1 Å². The second kappa shape index (κ2) is 6.12. The summed E-state index contributed by atoms with van der Waals surface area (Å²) in [6.07, 6.45) is 0.952. The topological polar surface area (TPSA) is 94.4 Å². The number of carbonyl (C=O) groups excluding carboxylic acids is 1. The van der Waals surface area contributed by atoms with Gasteiger partial charge in [0.2, 0.25) is 0 Å². The largest absolute Gasteiger partial charge is 0.383 e. The number of methoxy groups -OCH3 is 1. The Morgan fingerprint density at radius 3 is 3.00 bits per heavy atom. The minimum absolute atomic E-state index is 0.0208. The molecule has 0 aliphatic heterocycles. The molecular weight excluding hydrogens is 250 g/mol. The number of hydrogen-bond donors (Lipinski definition) is 1. The number of carbonyl (C=O) groups is 1. The standard InChI is InChI=1S/C9H10ClN3O4/c1-17-3-2-11-9(14)6-4-8(10)12-5-7(6)13(15)16/h4-5H,2-3H2,1H3,(H,11,14). The maximum Gasteiger partial charge on any atom is 0.300 e. The van der Waals surface area contributed by atoms with E-state index in [0.717, 1.165) is 12.3 Å². The van der Waals surface area contributed by atoms with Gasteiger partial charge in [0, 0.05) is 13.7 Å². The Kier molecular flexibility index (Phi) is 4.80. The third kappa shape index (κ3) is 3.65. The van der Waals surface area contributed by atoms with Crippen LogP contribution in [0.25, 0.3) is 0 Å². The van der Waals surface area contributed by atoms with Crippen LogP contribution in [0.2, 0.25) is 5.15 Å². The lowest BCUT2D eigenvalue weighted by Crippen LogP contribution is -2.27. The normalized spacial score (nSPS) is 10.0. The average molecular weight is 260 g/mol. The lowest BCUT2D eigenvalue weighted by atomic mass is 10.2. The van der Waals surface area contributed by atoms with E-state index in [9.17, 15) is 14.9 Å². The van der Waals surface area contributed by atoms with Gasteiger partial charge in [-0.1, -0.05) is 11.6 Å². The summed E-state index contributed by atoms with van der Waals surface area (Å²) in [4.78, 5) is 25.2.